The second-order valence-electron chi connectivity index (χ2n) is 24.6. The quantitative estimate of drug-likeness (QED) is 0.164. The van der Waals surface area contributed by atoms with Crippen LogP contribution in [0.3, 0.4) is 0 Å². The van der Waals surface area contributed by atoms with Crippen molar-refractivity contribution in [2.45, 2.75) is 122 Å². The predicted molar refractivity (Wildman–Crippen MR) is 302 cm³/mol. The number of benzene rings is 8. The van der Waals surface area contributed by atoms with E-state index in [4.69, 9.17) is 0 Å². The minimum atomic E-state index is -0.358. The van der Waals surface area contributed by atoms with E-state index in [1.807, 2.05) is 0 Å². The summed E-state index contributed by atoms with van der Waals surface area (Å²) in [7, 11) is 0. The predicted octanol–water partition coefficient (Wildman–Crippen LogP) is 15.7. The Morgan fingerprint density at radius 2 is 1.11 bits per heavy atom. The van der Waals surface area contributed by atoms with Crippen molar-refractivity contribution in [1.82, 2.24) is 0 Å². The molecular weight excluding hydrogens is 858 g/mol. The topological polar surface area (TPSA) is 9.72 Å². The van der Waals surface area contributed by atoms with Crippen LogP contribution in [0.15, 0.2) is 158 Å². The van der Waals surface area contributed by atoms with Gasteiger partial charge in [-0.05, 0) is 165 Å². The first-order valence-electron chi connectivity index (χ1n) is 26.4. The third-order valence-electron chi connectivity index (χ3n) is 18.8. The summed E-state index contributed by atoms with van der Waals surface area (Å²) in [6, 6.07) is 61.9. The van der Waals surface area contributed by atoms with E-state index in [0.717, 1.165) is 0 Å². The summed E-state index contributed by atoms with van der Waals surface area (Å²) in [5, 5.41) is 0. The molecular formula is C67H64BN3. The molecule has 0 bridgehead atoms. The number of para-hydroxylation sites is 1. The number of fused-ring (bicyclic) bond motifs is 13. The molecule has 1 fully saturated rings. The molecule has 8 aromatic carbocycles. The molecule has 0 N–H and O–H groups in total. The van der Waals surface area contributed by atoms with E-state index < -0.39 is 0 Å². The zero-order chi connectivity index (χ0) is 48.7. The molecule has 0 radical (unpaired) electrons. The lowest BCUT2D eigenvalue weighted by Crippen LogP contribution is -2.62. The summed E-state index contributed by atoms with van der Waals surface area (Å²) in [5.74, 6) is 0. The van der Waals surface area contributed by atoms with Crippen molar-refractivity contribution in [2.75, 3.05) is 14.7 Å². The summed E-state index contributed by atoms with van der Waals surface area (Å²) >= 11 is 0. The highest BCUT2D eigenvalue weighted by Gasteiger charge is 2.59. The van der Waals surface area contributed by atoms with Gasteiger partial charge in [0, 0.05) is 50.5 Å². The molecule has 0 spiro atoms. The zero-order valence-electron chi connectivity index (χ0n) is 43.3. The fourth-order valence-corrected chi connectivity index (χ4v) is 15.1. The molecule has 0 aromatic heterocycles. The van der Waals surface area contributed by atoms with E-state index in [1.165, 1.54) is 149 Å². The van der Waals surface area contributed by atoms with Crippen LogP contribution in [0, 0.1) is 6.92 Å². The van der Waals surface area contributed by atoms with Gasteiger partial charge >= 0.3 is 0 Å². The molecule has 71 heavy (non-hydrogen) atoms. The van der Waals surface area contributed by atoms with Crippen LogP contribution in [0.5, 0.6) is 0 Å². The number of hydrogen-bond donors (Lipinski definition) is 0. The van der Waals surface area contributed by atoms with E-state index in [2.05, 4.69) is 242 Å². The zero-order valence-corrected chi connectivity index (χ0v) is 43.3. The van der Waals surface area contributed by atoms with E-state index in [-0.39, 0.29) is 33.9 Å². The monoisotopic (exact) mass is 922 g/mol. The minimum absolute atomic E-state index is 0.000295. The maximum atomic E-state index is 2.78. The van der Waals surface area contributed by atoms with Crippen LogP contribution >= 0.6 is 0 Å². The summed E-state index contributed by atoms with van der Waals surface area (Å²) in [5.41, 5.74) is 29.1. The van der Waals surface area contributed by atoms with E-state index in [9.17, 15) is 0 Å². The highest BCUT2D eigenvalue weighted by Crippen LogP contribution is 2.65. The number of anilines is 8. The molecule has 2 aliphatic carbocycles. The lowest BCUT2D eigenvalue weighted by Gasteiger charge is -2.52. The number of aryl methyl sites for hydroxylation is 1. The fourth-order valence-electron chi connectivity index (χ4n) is 15.1. The smallest absolute Gasteiger partial charge is 0.252 e. The van der Waals surface area contributed by atoms with Crippen LogP contribution in [0.4, 0.5) is 45.5 Å². The standard InChI is InChI=1S/C67H64BN3/c1-41-37-58-61-62-59(41)67(10)49-25-15-14-23-46(49)47-24-20-28-55(60(47)67)70(62)57-40-45(71-54-27-17-16-26-50(54)65(8)35-18-19-36-66(65,71)9)31-33-52(57)68(61)51-32-29-44(64(5,6)7)39-56(51)69(58)53-34-30-43(63(2,3)4)38-48(53)42-21-12-11-13-22-42/h11-17,20-34,37-40H,18-19,35-36H2,1-10H3. The average Bonchev–Trinajstić information content (AvgIpc) is 3.75. The normalized spacial score (nSPS) is 21.8. The number of rotatable bonds is 3. The lowest BCUT2D eigenvalue weighted by molar-refractivity contribution is 0.195. The maximum absolute atomic E-state index is 2.78. The van der Waals surface area contributed by atoms with Crippen molar-refractivity contribution in [3.05, 3.63) is 197 Å². The first-order chi connectivity index (χ1) is 34.0. The molecule has 3 atom stereocenters. The average molecular weight is 922 g/mol. The van der Waals surface area contributed by atoms with Gasteiger partial charge in [-0.15, -0.1) is 0 Å². The van der Waals surface area contributed by atoms with Gasteiger partial charge in [-0.1, -0.05) is 171 Å². The Kier molecular flexibility index (Phi) is 8.62. The summed E-state index contributed by atoms with van der Waals surface area (Å²) in [4.78, 5) is 8.21. The van der Waals surface area contributed by atoms with Gasteiger partial charge in [-0.3, -0.25) is 0 Å². The van der Waals surface area contributed by atoms with Crippen LogP contribution in [0.25, 0.3) is 22.3 Å². The van der Waals surface area contributed by atoms with Crippen molar-refractivity contribution < 1.29 is 0 Å². The SMILES string of the molecule is Cc1cc2c3c4c1C1(C)c5ccccc5-c5cccc(c51)N4c1cc(N4c5ccccc5C5(C)CCCCC45C)ccc1B3c1ccc(C(C)(C)C)cc1N2c1ccc(C(C)(C)C)cc1-c1ccccc1. The number of nitrogens with zero attached hydrogens (tertiary/aromatic N) is 3. The fraction of sp³-hybridized carbons (Fsp3) is 0.284. The third-order valence-corrected chi connectivity index (χ3v) is 18.8. The van der Waals surface area contributed by atoms with Gasteiger partial charge < -0.3 is 14.7 Å². The Bertz CT molecular complexity index is 3610. The van der Waals surface area contributed by atoms with Crippen molar-refractivity contribution in [1.29, 1.82) is 0 Å². The lowest BCUT2D eigenvalue weighted by atomic mass is 9.32. The molecule has 0 saturated heterocycles. The second kappa shape index (κ2) is 14.2. The first-order valence-corrected chi connectivity index (χ1v) is 26.4. The molecule has 14 rings (SSSR count). The molecule has 3 unspecified atom stereocenters. The van der Waals surface area contributed by atoms with E-state index in [0.29, 0.717) is 0 Å². The van der Waals surface area contributed by atoms with E-state index in [1.54, 1.807) is 0 Å². The minimum Gasteiger partial charge on any atom is -0.334 e. The molecule has 4 aliphatic heterocycles. The largest absolute Gasteiger partial charge is 0.334 e. The highest BCUT2D eigenvalue weighted by atomic mass is 15.3. The summed E-state index contributed by atoms with van der Waals surface area (Å²) < 4.78 is 0. The van der Waals surface area contributed by atoms with Gasteiger partial charge in [-0.25, -0.2) is 0 Å². The summed E-state index contributed by atoms with van der Waals surface area (Å²) in [6.45, 7) is 24.2. The van der Waals surface area contributed by atoms with Gasteiger partial charge in [0.1, 0.15) is 0 Å². The van der Waals surface area contributed by atoms with Gasteiger partial charge in [0.15, 0.2) is 0 Å². The van der Waals surface area contributed by atoms with Crippen molar-refractivity contribution in [3.63, 3.8) is 0 Å². The Morgan fingerprint density at radius 1 is 0.479 bits per heavy atom. The van der Waals surface area contributed by atoms with Gasteiger partial charge in [0.05, 0.1) is 16.9 Å². The molecule has 6 aliphatic rings. The Balaban J connectivity index is 1.11. The van der Waals surface area contributed by atoms with Crippen LogP contribution in [0.2, 0.25) is 0 Å². The molecule has 3 nitrogen and oxygen atoms in total. The van der Waals surface area contributed by atoms with Crippen LogP contribution in [0.1, 0.15) is 127 Å². The number of hydrogen-bond acceptors (Lipinski definition) is 3. The highest BCUT2D eigenvalue weighted by molar-refractivity contribution is 7.00. The van der Waals surface area contributed by atoms with Crippen molar-refractivity contribution in [2.24, 2.45) is 0 Å². The molecule has 4 heterocycles. The Hall–Kier alpha value is -6.78. The molecule has 8 aromatic rings. The van der Waals surface area contributed by atoms with Crippen molar-refractivity contribution >= 4 is 68.6 Å². The van der Waals surface area contributed by atoms with Crippen molar-refractivity contribution in [3.8, 4) is 22.3 Å². The Morgan fingerprint density at radius 3 is 1.89 bits per heavy atom. The molecule has 1 saturated carbocycles. The first kappa shape index (κ1) is 43.0. The molecule has 4 heteroatoms. The molecule has 0 amide bonds. The second-order valence-corrected chi connectivity index (χ2v) is 24.6. The maximum Gasteiger partial charge on any atom is 0.252 e. The van der Waals surface area contributed by atoms with Crippen LogP contribution in [-0.4, -0.2) is 12.3 Å². The summed E-state index contributed by atoms with van der Waals surface area (Å²) in [6.07, 6.45) is 4.90. The van der Waals surface area contributed by atoms with Gasteiger partial charge in [0.2, 0.25) is 0 Å². The van der Waals surface area contributed by atoms with E-state index >= 15 is 0 Å². The Labute approximate surface area is 422 Å². The third kappa shape index (κ3) is 5.47. The van der Waals surface area contributed by atoms with Gasteiger partial charge in [0.25, 0.3) is 6.71 Å². The molecule has 350 valence electrons. The van der Waals surface area contributed by atoms with Crippen LogP contribution < -0.4 is 31.1 Å². The van der Waals surface area contributed by atoms with Crippen LogP contribution in [-0.2, 0) is 21.7 Å². The van der Waals surface area contributed by atoms with Gasteiger partial charge in [-0.2, -0.15) is 0 Å².